The van der Waals surface area contributed by atoms with Gasteiger partial charge in [0, 0.05) is 18.4 Å². The number of hydrogen-bond donors (Lipinski definition) is 1. The minimum Gasteiger partial charge on any atom is -0.413 e. The third-order valence-electron chi connectivity index (χ3n) is 6.47. The van der Waals surface area contributed by atoms with Gasteiger partial charge in [0.25, 0.3) is 0 Å². The molecule has 0 saturated heterocycles. The Bertz CT molecular complexity index is 577. The van der Waals surface area contributed by atoms with E-state index in [4.69, 9.17) is 9.16 Å². The number of hydrogen-bond acceptors (Lipinski definition) is 3. The summed E-state index contributed by atoms with van der Waals surface area (Å²) in [7, 11) is -1.91. The molecule has 2 rings (SSSR count). The maximum absolute atomic E-state index is 10.1. The molecule has 0 amide bonds. The van der Waals surface area contributed by atoms with E-state index in [1.54, 1.807) is 0 Å². The van der Waals surface area contributed by atoms with Crippen LogP contribution in [-0.2, 0) is 15.8 Å². The van der Waals surface area contributed by atoms with Gasteiger partial charge in [-0.05, 0) is 42.0 Å². The maximum Gasteiger partial charge on any atom is 0.192 e. The van der Waals surface area contributed by atoms with Crippen LogP contribution in [0.25, 0.3) is 0 Å². The van der Waals surface area contributed by atoms with Crippen molar-refractivity contribution in [1.82, 2.24) is 0 Å². The lowest BCUT2D eigenvalue weighted by Gasteiger charge is -2.49. The molecule has 0 bridgehead atoms. The van der Waals surface area contributed by atoms with E-state index in [0.717, 1.165) is 12.8 Å². The van der Waals surface area contributed by atoms with Gasteiger partial charge in [-0.2, -0.15) is 0 Å². The molecule has 0 heterocycles. The largest absolute Gasteiger partial charge is 0.413 e. The van der Waals surface area contributed by atoms with Gasteiger partial charge in [0.1, 0.15) is 0 Å². The third kappa shape index (κ3) is 6.15. The summed E-state index contributed by atoms with van der Waals surface area (Å²) in [6.45, 7) is 17.6. The van der Waals surface area contributed by atoms with Gasteiger partial charge in [-0.3, -0.25) is 0 Å². The Hall–Kier alpha value is -0.683. The van der Waals surface area contributed by atoms with Crippen LogP contribution in [0.3, 0.4) is 0 Å². The second-order valence-electron chi connectivity index (χ2n) is 10.6. The van der Waals surface area contributed by atoms with Crippen LogP contribution >= 0.6 is 0 Å². The van der Waals surface area contributed by atoms with Crippen molar-refractivity contribution >= 4 is 8.32 Å². The molecule has 154 valence electrons. The molecule has 27 heavy (non-hydrogen) atoms. The molecule has 3 nitrogen and oxygen atoms in total. The van der Waals surface area contributed by atoms with Crippen LogP contribution in [0.5, 0.6) is 0 Å². The molecule has 1 aromatic rings. The molecule has 0 spiro atoms. The normalized spacial score (nSPS) is 26.1. The van der Waals surface area contributed by atoms with Gasteiger partial charge in [0.2, 0.25) is 0 Å². The predicted octanol–water partition coefficient (Wildman–Crippen LogP) is 5.64. The van der Waals surface area contributed by atoms with E-state index in [0.29, 0.717) is 19.1 Å². The Morgan fingerprint density at radius 2 is 1.67 bits per heavy atom. The van der Waals surface area contributed by atoms with E-state index in [1.165, 1.54) is 5.56 Å². The van der Waals surface area contributed by atoms with Crippen molar-refractivity contribution in [3.8, 4) is 0 Å². The lowest BCUT2D eigenvalue weighted by molar-refractivity contribution is -0.0713. The van der Waals surface area contributed by atoms with Gasteiger partial charge in [0.15, 0.2) is 8.32 Å². The summed E-state index contributed by atoms with van der Waals surface area (Å²) < 4.78 is 13.0. The molecular formula is C23H40O3Si. The molecule has 1 aliphatic rings. The number of rotatable bonds is 7. The lowest BCUT2D eigenvalue weighted by Crippen LogP contribution is -2.53. The van der Waals surface area contributed by atoms with E-state index in [1.807, 2.05) is 18.2 Å². The highest BCUT2D eigenvalue weighted by Gasteiger charge is 2.47. The summed E-state index contributed by atoms with van der Waals surface area (Å²) >= 11 is 0. The van der Waals surface area contributed by atoms with E-state index >= 15 is 0 Å². The van der Waals surface area contributed by atoms with Crippen molar-refractivity contribution in [2.75, 3.05) is 13.2 Å². The van der Waals surface area contributed by atoms with Crippen LogP contribution in [0.2, 0.25) is 18.1 Å². The molecule has 1 N–H and O–H groups in total. The first-order valence-corrected chi connectivity index (χ1v) is 13.3. The van der Waals surface area contributed by atoms with Crippen LogP contribution in [0.15, 0.2) is 30.3 Å². The fourth-order valence-corrected chi connectivity index (χ4v) is 5.47. The molecule has 0 unspecified atom stereocenters. The Labute approximate surface area is 167 Å². The van der Waals surface area contributed by atoms with Crippen molar-refractivity contribution in [3.05, 3.63) is 35.9 Å². The van der Waals surface area contributed by atoms with Crippen LogP contribution in [-0.4, -0.2) is 32.7 Å². The monoisotopic (exact) mass is 392 g/mol. The van der Waals surface area contributed by atoms with Gasteiger partial charge in [0.05, 0.1) is 19.3 Å². The second kappa shape index (κ2) is 8.77. The highest BCUT2D eigenvalue weighted by atomic mass is 28.4. The summed E-state index contributed by atoms with van der Waals surface area (Å²) in [4.78, 5) is 0. The third-order valence-corrected chi connectivity index (χ3v) is 10.9. The molecule has 3 atom stereocenters. The van der Waals surface area contributed by atoms with E-state index < -0.39 is 8.32 Å². The van der Waals surface area contributed by atoms with E-state index in [9.17, 15) is 5.11 Å². The minimum absolute atomic E-state index is 0.0830. The number of aliphatic hydroxyl groups excluding tert-OH is 1. The van der Waals surface area contributed by atoms with Crippen molar-refractivity contribution in [1.29, 1.82) is 0 Å². The SMILES string of the molecule is CC1(C)C[C@@H](CO)[C@H](O[Si](C)(C)C(C)(C)C)[C@@H](COCc2ccccc2)C1. The molecular weight excluding hydrogens is 352 g/mol. The van der Waals surface area contributed by atoms with Gasteiger partial charge < -0.3 is 14.3 Å². The van der Waals surface area contributed by atoms with E-state index in [2.05, 4.69) is 59.8 Å². The molecule has 1 aromatic carbocycles. The van der Waals surface area contributed by atoms with Crippen molar-refractivity contribution in [3.63, 3.8) is 0 Å². The van der Waals surface area contributed by atoms with Gasteiger partial charge in [-0.1, -0.05) is 65.0 Å². The maximum atomic E-state index is 10.1. The molecule has 0 radical (unpaired) electrons. The Morgan fingerprint density at radius 1 is 1.07 bits per heavy atom. The Balaban J connectivity index is 2.12. The van der Waals surface area contributed by atoms with Gasteiger partial charge >= 0.3 is 0 Å². The molecule has 0 aromatic heterocycles. The summed E-state index contributed by atoms with van der Waals surface area (Å²) in [6, 6.07) is 10.3. The molecule has 1 fully saturated rings. The van der Waals surface area contributed by atoms with Crippen molar-refractivity contribution in [2.24, 2.45) is 17.3 Å². The highest BCUT2D eigenvalue weighted by Crippen LogP contribution is 2.46. The average molecular weight is 393 g/mol. The molecule has 0 aliphatic heterocycles. The second-order valence-corrected chi connectivity index (χ2v) is 15.4. The number of ether oxygens (including phenoxy) is 1. The quantitative estimate of drug-likeness (QED) is 0.610. The summed E-state index contributed by atoms with van der Waals surface area (Å²) in [5, 5.41) is 10.3. The first-order valence-electron chi connectivity index (χ1n) is 10.4. The van der Waals surface area contributed by atoms with Crippen molar-refractivity contribution < 1.29 is 14.3 Å². The average Bonchev–Trinajstić information content (AvgIpc) is 2.56. The fraction of sp³-hybridized carbons (Fsp3) is 0.739. The molecule has 1 aliphatic carbocycles. The minimum atomic E-state index is -1.91. The lowest BCUT2D eigenvalue weighted by atomic mass is 9.66. The summed E-state index contributed by atoms with van der Waals surface area (Å²) in [6.07, 6.45) is 2.18. The van der Waals surface area contributed by atoms with Crippen LogP contribution in [0.4, 0.5) is 0 Å². The predicted molar refractivity (Wildman–Crippen MR) is 115 cm³/mol. The molecule has 1 saturated carbocycles. The number of aliphatic hydroxyl groups is 1. The zero-order chi connectivity index (χ0) is 20.3. The standard InChI is InChI=1S/C23H40O3Si/c1-22(2,3)27(6,7)26-21-19(15-24)13-23(4,5)14-20(21)17-25-16-18-11-9-8-10-12-18/h8-12,19-21,24H,13-17H2,1-7H3/t19-,20+,21-/m0/s1. The first kappa shape index (κ1) is 22.6. The van der Waals surface area contributed by atoms with Gasteiger partial charge in [-0.15, -0.1) is 0 Å². The molecule has 4 heteroatoms. The topological polar surface area (TPSA) is 38.7 Å². The summed E-state index contributed by atoms with van der Waals surface area (Å²) in [5.41, 5.74) is 1.41. The van der Waals surface area contributed by atoms with Crippen molar-refractivity contribution in [2.45, 2.75) is 78.3 Å². The first-order chi connectivity index (χ1) is 12.5. The Morgan fingerprint density at radius 3 is 2.22 bits per heavy atom. The fourth-order valence-electron chi connectivity index (χ4n) is 4.05. The van der Waals surface area contributed by atoms with Gasteiger partial charge in [-0.25, -0.2) is 0 Å². The van der Waals surface area contributed by atoms with E-state index in [-0.39, 0.29) is 29.1 Å². The smallest absolute Gasteiger partial charge is 0.192 e. The van der Waals surface area contributed by atoms with Crippen LogP contribution < -0.4 is 0 Å². The Kier molecular flexibility index (Phi) is 7.34. The zero-order valence-corrected chi connectivity index (χ0v) is 19.4. The zero-order valence-electron chi connectivity index (χ0n) is 18.4. The summed E-state index contributed by atoms with van der Waals surface area (Å²) in [5.74, 6) is 0.511. The number of benzene rings is 1. The highest BCUT2D eigenvalue weighted by molar-refractivity contribution is 6.74. The van der Waals surface area contributed by atoms with Crippen LogP contribution in [0.1, 0.15) is 53.0 Å². The van der Waals surface area contributed by atoms with Crippen LogP contribution in [0, 0.1) is 17.3 Å².